The SMILES string of the molecule is Cc1ccccc1N(C)S(=O)(=O)c1ccc(Cl)cc1N. The van der Waals surface area contributed by atoms with E-state index in [1.54, 1.807) is 12.1 Å². The van der Waals surface area contributed by atoms with Crippen molar-refractivity contribution in [2.45, 2.75) is 11.8 Å². The molecule has 0 aliphatic carbocycles. The molecule has 0 aliphatic rings. The van der Waals surface area contributed by atoms with E-state index in [0.29, 0.717) is 10.7 Å². The maximum Gasteiger partial charge on any atom is 0.266 e. The van der Waals surface area contributed by atoms with Crippen LogP contribution in [0.25, 0.3) is 0 Å². The van der Waals surface area contributed by atoms with Gasteiger partial charge >= 0.3 is 0 Å². The average molecular weight is 311 g/mol. The third-order valence-corrected chi connectivity index (χ3v) is 5.15. The lowest BCUT2D eigenvalue weighted by Crippen LogP contribution is -2.27. The van der Waals surface area contributed by atoms with Crippen molar-refractivity contribution < 1.29 is 8.42 Å². The second kappa shape index (κ2) is 5.34. The molecular weight excluding hydrogens is 296 g/mol. The lowest BCUT2D eigenvalue weighted by atomic mass is 10.2. The van der Waals surface area contributed by atoms with Gasteiger partial charge in [-0.15, -0.1) is 0 Å². The molecule has 2 aromatic rings. The standard InChI is InChI=1S/C14H15ClN2O2S/c1-10-5-3-4-6-13(10)17(2)20(18,19)14-8-7-11(15)9-12(14)16/h3-9H,16H2,1-2H3. The molecule has 2 aromatic carbocycles. The van der Waals surface area contributed by atoms with E-state index in [0.717, 1.165) is 5.56 Å². The van der Waals surface area contributed by atoms with Crippen molar-refractivity contribution in [1.82, 2.24) is 0 Å². The number of nitrogens with zero attached hydrogens (tertiary/aromatic N) is 1. The molecule has 106 valence electrons. The van der Waals surface area contributed by atoms with E-state index in [4.69, 9.17) is 17.3 Å². The van der Waals surface area contributed by atoms with E-state index in [2.05, 4.69) is 0 Å². The minimum Gasteiger partial charge on any atom is -0.398 e. The first-order valence-electron chi connectivity index (χ1n) is 5.93. The van der Waals surface area contributed by atoms with Crippen molar-refractivity contribution in [1.29, 1.82) is 0 Å². The van der Waals surface area contributed by atoms with Gasteiger partial charge in [-0.3, -0.25) is 4.31 Å². The summed E-state index contributed by atoms with van der Waals surface area (Å²) < 4.78 is 26.5. The van der Waals surface area contributed by atoms with Crippen LogP contribution in [0.3, 0.4) is 0 Å². The molecule has 2 rings (SSSR count). The van der Waals surface area contributed by atoms with E-state index in [9.17, 15) is 8.42 Å². The molecule has 0 saturated carbocycles. The van der Waals surface area contributed by atoms with Crippen molar-refractivity contribution in [2.24, 2.45) is 0 Å². The van der Waals surface area contributed by atoms with Gasteiger partial charge in [-0.1, -0.05) is 29.8 Å². The summed E-state index contributed by atoms with van der Waals surface area (Å²) in [5.41, 5.74) is 7.39. The summed E-state index contributed by atoms with van der Waals surface area (Å²) in [6, 6.07) is 11.6. The second-order valence-electron chi connectivity index (χ2n) is 4.44. The highest BCUT2D eigenvalue weighted by Crippen LogP contribution is 2.29. The quantitative estimate of drug-likeness (QED) is 0.886. The van der Waals surface area contributed by atoms with Crippen molar-refractivity contribution in [3.05, 3.63) is 53.1 Å². The number of hydrogen-bond acceptors (Lipinski definition) is 3. The second-order valence-corrected chi connectivity index (χ2v) is 6.82. The fourth-order valence-corrected chi connectivity index (χ4v) is 3.48. The Bertz CT molecular complexity index is 745. The third-order valence-electron chi connectivity index (χ3n) is 3.06. The Labute approximate surface area is 123 Å². The smallest absolute Gasteiger partial charge is 0.266 e. The molecule has 0 saturated heterocycles. The lowest BCUT2D eigenvalue weighted by molar-refractivity contribution is 0.594. The van der Waals surface area contributed by atoms with E-state index in [1.807, 2.05) is 19.1 Å². The van der Waals surface area contributed by atoms with Crippen LogP contribution in [0.5, 0.6) is 0 Å². The van der Waals surface area contributed by atoms with Gasteiger partial charge in [0.1, 0.15) is 4.90 Å². The number of anilines is 2. The monoisotopic (exact) mass is 310 g/mol. The van der Waals surface area contributed by atoms with Crippen LogP contribution in [-0.4, -0.2) is 15.5 Å². The topological polar surface area (TPSA) is 63.4 Å². The van der Waals surface area contributed by atoms with Gasteiger partial charge in [0.25, 0.3) is 10.0 Å². The molecular formula is C14H15ClN2O2S. The minimum absolute atomic E-state index is 0.0488. The summed E-state index contributed by atoms with van der Waals surface area (Å²) >= 11 is 5.80. The van der Waals surface area contributed by atoms with Crippen LogP contribution in [0.15, 0.2) is 47.4 Å². The van der Waals surface area contributed by atoms with Crippen LogP contribution in [0.2, 0.25) is 5.02 Å². The normalized spacial score (nSPS) is 11.3. The zero-order chi connectivity index (χ0) is 14.9. The first-order valence-corrected chi connectivity index (χ1v) is 7.75. The zero-order valence-electron chi connectivity index (χ0n) is 11.2. The van der Waals surface area contributed by atoms with E-state index in [-0.39, 0.29) is 10.6 Å². The van der Waals surface area contributed by atoms with Gasteiger partial charge in [-0.05, 0) is 36.8 Å². The van der Waals surface area contributed by atoms with Gasteiger partial charge in [-0.2, -0.15) is 0 Å². The Hall–Kier alpha value is -1.72. The summed E-state index contributed by atoms with van der Waals surface area (Å²) in [6.45, 7) is 1.85. The molecule has 0 aliphatic heterocycles. The highest BCUT2D eigenvalue weighted by Gasteiger charge is 2.24. The summed E-state index contributed by atoms with van der Waals surface area (Å²) in [6.07, 6.45) is 0. The average Bonchev–Trinajstić information content (AvgIpc) is 2.38. The fraction of sp³-hybridized carbons (Fsp3) is 0.143. The summed E-state index contributed by atoms with van der Waals surface area (Å²) in [5, 5.41) is 0.403. The summed E-state index contributed by atoms with van der Waals surface area (Å²) in [7, 11) is -2.21. The van der Waals surface area contributed by atoms with Crippen LogP contribution in [0.1, 0.15) is 5.56 Å². The largest absolute Gasteiger partial charge is 0.398 e. The number of hydrogen-bond donors (Lipinski definition) is 1. The first-order chi connectivity index (χ1) is 9.34. The molecule has 0 radical (unpaired) electrons. The summed E-state index contributed by atoms with van der Waals surface area (Å²) in [4.78, 5) is 0.0488. The number of sulfonamides is 1. The molecule has 4 nitrogen and oxygen atoms in total. The number of halogens is 1. The van der Waals surface area contributed by atoms with Crippen LogP contribution >= 0.6 is 11.6 Å². The molecule has 0 aromatic heterocycles. The fourth-order valence-electron chi connectivity index (χ4n) is 1.95. The van der Waals surface area contributed by atoms with E-state index >= 15 is 0 Å². The van der Waals surface area contributed by atoms with Crippen LogP contribution in [0.4, 0.5) is 11.4 Å². The molecule has 0 atom stereocenters. The number of nitrogens with two attached hydrogens (primary N) is 1. The third kappa shape index (κ3) is 2.59. The predicted molar refractivity (Wildman–Crippen MR) is 82.6 cm³/mol. The van der Waals surface area contributed by atoms with Gasteiger partial charge in [0, 0.05) is 12.1 Å². The number of benzene rings is 2. The van der Waals surface area contributed by atoms with Crippen molar-refractivity contribution in [2.75, 3.05) is 17.1 Å². The van der Waals surface area contributed by atoms with Crippen LogP contribution in [-0.2, 0) is 10.0 Å². The highest BCUT2D eigenvalue weighted by molar-refractivity contribution is 7.93. The number of para-hydroxylation sites is 1. The zero-order valence-corrected chi connectivity index (χ0v) is 12.7. The molecule has 20 heavy (non-hydrogen) atoms. The number of aryl methyl sites for hydroxylation is 1. The number of rotatable bonds is 3. The van der Waals surface area contributed by atoms with Gasteiger partial charge in [0.05, 0.1) is 11.4 Å². The highest BCUT2D eigenvalue weighted by atomic mass is 35.5. The van der Waals surface area contributed by atoms with Gasteiger partial charge in [0.15, 0.2) is 0 Å². The predicted octanol–water partition coefficient (Wildman–Crippen LogP) is 3.06. The molecule has 0 spiro atoms. The first kappa shape index (κ1) is 14.7. The Morgan fingerprint density at radius 2 is 1.80 bits per heavy atom. The summed E-state index contributed by atoms with van der Waals surface area (Å²) in [5.74, 6) is 0. The van der Waals surface area contributed by atoms with E-state index in [1.165, 1.54) is 29.6 Å². The van der Waals surface area contributed by atoms with Crippen molar-refractivity contribution >= 4 is 33.0 Å². The van der Waals surface area contributed by atoms with Gasteiger partial charge in [-0.25, -0.2) is 8.42 Å². The lowest BCUT2D eigenvalue weighted by Gasteiger charge is -2.22. The molecule has 6 heteroatoms. The van der Waals surface area contributed by atoms with E-state index < -0.39 is 10.0 Å². The molecule has 0 bridgehead atoms. The maximum absolute atomic E-state index is 12.6. The van der Waals surface area contributed by atoms with Gasteiger partial charge in [0.2, 0.25) is 0 Å². The van der Waals surface area contributed by atoms with Crippen molar-refractivity contribution in [3.8, 4) is 0 Å². The van der Waals surface area contributed by atoms with Crippen LogP contribution < -0.4 is 10.0 Å². The van der Waals surface area contributed by atoms with Crippen molar-refractivity contribution in [3.63, 3.8) is 0 Å². The Morgan fingerprint density at radius 3 is 2.40 bits per heavy atom. The molecule has 2 N–H and O–H groups in total. The van der Waals surface area contributed by atoms with Crippen LogP contribution in [0, 0.1) is 6.92 Å². The Morgan fingerprint density at radius 1 is 1.15 bits per heavy atom. The van der Waals surface area contributed by atoms with Gasteiger partial charge < -0.3 is 5.73 Å². The maximum atomic E-state index is 12.6. The minimum atomic E-state index is -3.71. The Kier molecular flexibility index (Phi) is 3.92. The Balaban J connectivity index is 2.53. The molecule has 0 unspecified atom stereocenters. The molecule has 0 amide bonds. The number of nitrogen functional groups attached to an aromatic ring is 1. The molecule has 0 fully saturated rings. The molecule has 0 heterocycles.